The van der Waals surface area contributed by atoms with Gasteiger partial charge in [0, 0.05) is 23.2 Å². The van der Waals surface area contributed by atoms with Gasteiger partial charge in [-0.15, -0.1) is 0 Å². The molecule has 0 amide bonds. The average Bonchev–Trinajstić information content (AvgIpc) is 3.55. The summed E-state index contributed by atoms with van der Waals surface area (Å²) in [5.41, 5.74) is 3.01. The predicted molar refractivity (Wildman–Crippen MR) is 104 cm³/mol. The Balaban J connectivity index is 1.39. The van der Waals surface area contributed by atoms with E-state index in [0.717, 1.165) is 18.8 Å². The van der Waals surface area contributed by atoms with Crippen molar-refractivity contribution >= 4 is 11.8 Å². The van der Waals surface area contributed by atoms with Crippen LogP contribution >= 0.6 is 0 Å². The van der Waals surface area contributed by atoms with E-state index < -0.39 is 0 Å². The molecule has 7 aliphatic rings. The normalized spacial score (nSPS) is 53.8. The second-order valence-corrected chi connectivity index (χ2v) is 11.3. The Morgan fingerprint density at radius 3 is 2.68 bits per heavy atom. The molecule has 146 valence electrons. The Hall–Kier alpha value is -1.64. The fourth-order valence-electron chi connectivity index (χ4n) is 8.92. The molecule has 3 nitrogen and oxygen atoms in total. The van der Waals surface area contributed by atoms with E-state index in [0.29, 0.717) is 24.2 Å². The van der Waals surface area contributed by atoms with Crippen LogP contribution in [0.25, 0.3) is 0 Å². The number of rotatable bonds is 0. The average molecular weight is 376 g/mol. The Bertz CT molecular complexity index is 949. The Kier molecular flexibility index (Phi) is 2.55. The highest BCUT2D eigenvalue weighted by molar-refractivity contribution is 6.01. The molecule has 2 spiro atoms. The first-order valence-electron chi connectivity index (χ1n) is 11.2. The molecule has 7 rings (SSSR count). The summed E-state index contributed by atoms with van der Waals surface area (Å²) >= 11 is 0. The van der Waals surface area contributed by atoms with Crippen molar-refractivity contribution in [3.8, 4) is 0 Å². The van der Waals surface area contributed by atoms with Crippen molar-refractivity contribution in [2.45, 2.75) is 64.4 Å². The van der Waals surface area contributed by atoms with E-state index in [1.165, 1.54) is 31.3 Å². The van der Waals surface area contributed by atoms with Crippen LogP contribution in [-0.2, 0) is 14.3 Å². The molecule has 4 saturated carbocycles. The lowest BCUT2D eigenvalue weighted by atomic mass is 9.47. The molecule has 1 aliphatic heterocycles. The van der Waals surface area contributed by atoms with Crippen LogP contribution in [0, 0.1) is 39.9 Å². The summed E-state index contributed by atoms with van der Waals surface area (Å²) in [6.07, 6.45) is 15.9. The highest BCUT2D eigenvalue weighted by atomic mass is 16.6. The Morgan fingerprint density at radius 1 is 1.14 bits per heavy atom. The van der Waals surface area contributed by atoms with Crippen molar-refractivity contribution in [1.29, 1.82) is 0 Å². The third-order valence-electron chi connectivity index (χ3n) is 10.2. The number of hydrogen-bond donors (Lipinski definition) is 0. The minimum absolute atomic E-state index is 0.0236. The molecule has 0 bridgehead atoms. The second kappa shape index (κ2) is 4.42. The maximum atomic E-state index is 12.2. The number of ether oxygens (including phenoxy) is 1. The van der Waals surface area contributed by atoms with Gasteiger partial charge < -0.3 is 4.74 Å². The molecule has 0 N–H and O–H groups in total. The molecule has 2 unspecified atom stereocenters. The monoisotopic (exact) mass is 376 g/mol. The molecule has 1 heterocycles. The second-order valence-electron chi connectivity index (χ2n) is 11.3. The van der Waals surface area contributed by atoms with Crippen LogP contribution in [0.15, 0.2) is 35.5 Å². The molecule has 0 aromatic carbocycles. The molecule has 3 heteroatoms. The SMILES string of the molecule is C[C@]12C=CC(=O)C=C1C1(CC1)CC1C2=CC[C@@]2(C)C1[C@@H]1C[C@@H]1[C@@]21CCC(=O)O1. The van der Waals surface area contributed by atoms with E-state index in [-0.39, 0.29) is 33.6 Å². The summed E-state index contributed by atoms with van der Waals surface area (Å²) in [5.74, 6) is 2.71. The molecule has 0 aromatic rings. The van der Waals surface area contributed by atoms with Gasteiger partial charge in [0.2, 0.25) is 0 Å². The van der Waals surface area contributed by atoms with Crippen molar-refractivity contribution in [3.63, 3.8) is 0 Å². The maximum absolute atomic E-state index is 12.2. The van der Waals surface area contributed by atoms with Gasteiger partial charge in [0.25, 0.3) is 0 Å². The first-order valence-corrected chi connectivity index (χ1v) is 11.2. The van der Waals surface area contributed by atoms with Gasteiger partial charge >= 0.3 is 5.97 Å². The zero-order valence-corrected chi connectivity index (χ0v) is 16.8. The summed E-state index contributed by atoms with van der Waals surface area (Å²) < 4.78 is 6.19. The minimum Gasteiger partial charge on any atom is -0.458 e. The standard InChI is InChI=1S/C25H28O3/c1-22-6-3-14(26)11-19(22)24(9-10-24)13-16-17(22)4-7-23(2)21(16)15-12-18(15)25(23)8-5-20(27)28-25/h3-4,6,11,15-16,18,21H,5,7-10,12-13H2,1-2H3/t15-,16?,18+,21?,22-,23+,25+/m1/s1. The number of ketones is 1. The lowest BCUT2D eigenvalue weighted by Crippen LogP contribution is -2.54. The zero-order chi connectivity index (χ0) is 19.1. The van der Waals surface area contributed by atoms with E-state index in [1.54, 1.807) is 11.6 Å². The summed E-state index contributed by atoms with van der Waals surface area (Å²) in [4.78, 5) is 24.4. The number of carbonyl (C=O) groups excluding carboxylic acids is 2. The van der Waals surface area contributed by atoms with E-state index in [2.05, 4.69) is 26.0 Å². The number of fused-ring (bicyclic) bond motifs is 10. The molecule has 0 aromatic heterocycles. The van der Waals surface area contributed by atoms with Crippen LogP contribution < -0.4 is 0 Å². The molecule has 1 saturated heterocycles. The topological polar surface area (TPSA) is 43.4 Å². The van der Waals surface area contributed by atoms with Crippen LogP contribution in [0.4, 0.5) is 0 Å². The van der Waals surface area contributed by atoms with Gasteiger partial charge in [-0.2, -0.15) is 0 Å². The van der Waals surface area contributed by atoms with Crippen LogP contribution in [0.3, 0.4) is 0 Å². The zero-order valence-electron chi connectivity index (χ0n) is 16.8. The van der Waals surface area contributed by atoms with Crippen molar-refractivity contribution < 1.29 is 14.3 Å². The van der Waals surface area contributed by atoms with Crippen molar-refractivity contribution in [1.82, 2.24) is 0 Å². The van der Waals surface area contributed by atoms with Crippen LogP contribution in [0.5, 0.6) is 0 Å². The van der Waals surface area contributed by atoms with E-state index in [9.17, 15) is 9.59 Å². The summed E-state index contributed by atoms with van der Waals surface area (Å²) in [5, 5.41) is 0. The molecule has 6 aliphatic carbocycles. The fourth-order valence-corrected chi connectivity index (χ4v) is 8.92. The summed E-state index contributed by atoms with van der Waals surface area (Å²) in [6.45, 7) is 4.79. The lowest BCUT2D eigenvalue weighted by Gasteiger charge is -2.57. The molecule has 5 fully saturated rings. The quantitative estimate of drug-likeness (QED) is 0.461. The lowest BCUT2D eigenvalue weighted by molar-refractivity contribution is -0.166. The summed E-state index contributed by atoms with van der Waals surface area (Å²) in [6, 6.07) is 0. The van der Waals surface area contributed by atoms with Gasteiger partial charge in [-0.3, -0.25) is 9.59 Å². The number of carbonyl (C=O) groups is 2. The molecular formula is C25H28O3. The van der Waals surface area contributed by atoms with Gasteiger partial charge in [-0.1, -0.05) is 24.6 Å². The third-order valence-corrected chi connectivity index (χ3v) is 10.2. The Morgan fingerprint density at radius 2 is 1.96 bits per heavy atom. The molecule has 7 atom stereocenters. The number of hydrogen-bond acceptors (Lipinski definition) is 3. The largest absolute Gasteiger partial charge is 0.458 e. The minimum atomic E-state index is -0.201. The van der Waals surface area contributed by atoms with Crippen LogP contribution in [0.2, 0.25) is 0 Å². The molecular weight excluding hydrogens is 348 g/mol. The van der Waals surface area contributed by atoms with E-state index in [1.807, 2.05) is 6.08 Å². The maximum Gasteiger partial charge on any atom is 0.306 e. The van der Waals surface area contributed by atoms with Gasteiger partial charge in [-0.05, 0) is 86.3 Å². The third kappa shape index (κ3) is 1.56. The van der Waals surface area contributed by atoms with Gasteiger partial charge in [-0.25, -0.2) is 0 Å². The first-order chi connectivity index (χ1) is 13.3. The van der Waals surface area contributed by atoms with Gasteiger partial charge in [0.1, 0.15) is 5.60 Å². The van der Waals surface area contributed by atoms with Crippen LogP contribution in [0.1, 0.15) is 58.8 Å². The molecule has 0 radical (unpaired) electrons. The highest BCUT2D eigenvalue weighted by Crippen LogP contribution is 2.80. The van der Waals surface area contributed by atoms with Gasteiger partial charge in [0.05, 0.1) is 0 Å². The van der Waals surface area contributed by atoms with E-state index in [4.69, 9.17) is 4.74 Å². The van der Waals surface area contributed by atoms with Crippen LogP contribution in [-0.4, -0.2) is 17.4 Å². The first kappa shape index (κ1) is 16.2. The van der Waals surface area contributed by atoms with Gasteiger partial charge in [0.15, 0.2) is 5.78 Å². The van der Waals surface area contributed by atoms with Crippen molar-refractivity contribution in [3.05, 3.63) is 35.5 Å². The molecule has 28 heavy (non-hydrogen) atoms. The van der Waals surface area contributed by atoms with Crippen molar-refractivity contribution in [2.75, 3.05) is 0 Å². The number of esters is 1. The smallest absolute Gasteiger partial charge is 0.306 e. The number of allylic oxidation sites excluding steroid dienone is 6. The van der Waals surface area contributed by atoms with E-state index >= 15 is 0 Å². The Labute approximate surface area is 166 Å². The highest BCUT2D eigenvalue weighted by Gasteiger charge is 2.79. The fraction of sp³-hybridized carbons (Fsp3) is 0.680. The summed E-state index contributed by atoms with van der Waals surface area (Å²) in [7, 11) is 0. The van der Waals surface area contributed by atoms with Crippen molar-refractivity contribution in [2.24, 2.45) is 39.9 Å². The predicted octanol–water partition coefficient (Wildman–Crippen LogP) is 4.54.